The lowest BCUT2D eigenvalue weighted by atomic mass is 10.3. The van der Waals surface area contributed by atoms with E-state index in [-0.39, 0.29) is 0 Å². The highest BCUT2D eigenvalue weighted by molar-refractivity contribution is 5.82. The van der Waals surface area contributed by atoms with Crippen molar-refractivity contribution in [3.05, 3.63) is 0 Å². The van der Waals surface area contributed by atoms with Crippen molar-refractivity contribution in [1.29, 1.82) is 0 Å². The molecule has 0 fully saturated rings. The van der Waals surface area contributed by atoms with Gasteiger partial charge in [0.1, 0.15) is 0 Å². The number of hydrogen-bond donors (Lipinski definition) is 3. The van der Waals surface area contributed by atoms with E-state index in [0.717, 1.165) is 0 Å². The number of carboxylic acid groups (broad SMARTS) is 1. The fourth-order valence-electron chi connectivity index (χ4n) is 0.377. The Balaban J connectivity index is 3.91. The molecule has 0 radical (unpaired) electrons. The third kappa shape index (κ3) is 4.31. The molecular weight excluding hydrogens is 195 g/mol. The highest BCUT2D eigenvalue weighted by Gasteiger charge is 2.38. The summed E-state index contributed by atoms with van der Waals surface area (Å²) in [6.45, 7) is -0.978. The SMILES string of the molecule is O=C(O)[C@@H](O)CNC(=O)C(F)(F)F. The molecule has 0 aromatic rings. The number of amides is 1. The summed E-state index contributed by atoms with van der Waals surface area (Å²) >= 11 is 0. The molecule has 0 spiro atoms. The van der Waals surface area contributed by atoms with Crippen LogP contribution in [-0.4, -0.2) is 40.9 Å². The van der Waals surface area contributed by atoms with Crippen LogP contribution in [0.15, 0.2) is 0 Å². The molecule has 0 saturated carbocycles. The molecule has 0 aliphatic heterocycles. The monoisotopic (exact) mass is 201 g/mol. The summed E-state index contributed by atoms with van der Waals surface area (Å²) in [6.07, 6.45) is -7.11. The van der Waals surface area contributed by atoms with Crippen LogP contribution in [0, 0.1) is 0 Å². The Hall–Kier alpha value is -1.31. The van der Waals surface area contributed by atoms with Gasteiger partial charge >= 0.3 is 18.1 Å². The van der Waals surface area contributed by atoms with Crippen LogP contribution < -0.4 is 5.32 Å². The average Bonchev–Trinajstić information content (AvgIpc) is 1.97. The molecule has 0 aliphatic carbocycles. The van der Waals surface area contributed by atoms with Gasteiger partial charge in [-0.25, -0.2) is 4.79 Å². The minimum Gasteiger partial charge on any atom is -0.479 e. The van der Waals surface area contributed by atoms with Crippen LogP contribution in [0.3, 0.4) is 0 Å². The first-order valence-electron chi connectivity index (χ1n) is 3.01. The zero-order chi connectivity index (χ0) is 10.6. The number of carbonyl (C=O) groups is 2. The van der Waals surface area contributed by atoms with E-state index in [1.165, 1.54) is 5.32 Å². The molecule has 0 aliphatic rings. The fourth-order valence-corrected chi connectivity index (χ4v) is 0.377. The summed E-state index contributed by atoms with van der Waals surface area (Å²) in [4.78, 5) is 19.9. The Kier molecular flexibility index (Phi) is 3.67. The number of hydrogen-bond acceptors (Lipinski definition) is 3. The number of halogens is 3. The Morgan fingerprint density at radius 1 is 1.38 bits per heavy atom. The van der Waals surface area contributed by atoms with E-state index in [4.69, 9.17) is 10.2 Å². The lowest BCUT2D eigenvalue weighted by Crippen LogP contribution is -2.42. The first kappa shape index (κ1) is 11.7. The maximum absolute atomic E-state index is 11.5. The van der Waals surface area contributed by atoms with Gasteiger partial charge < -0.3 is 15.5 Å². The van der Waals surface area contributed by atoms with Crippen LogP contribution in [-0.2, 0) is 9.59 Å². The molecule has 0 aromatic heterocycles. The topological polar surface area (TPSA) is 86.6 Å². The lowest BCUT2D eigenvalue weighted by molar-refractivity contribution is -0.174. The second kappa shape index (κ2) is 4.08. The average molecular weight is 201 g/mol. The summed E-state index contributed by atoms with van der Waals surface area (Å²) in [6, 6.07) is 0. The number of carbonyl (C=O) groups excluding carboxylic acids is 1. The third-order valence-electron chi connectivity index (χ3n) is 0.998. The Bertz CT molecular complexity index is 214. The summed E-state index contributed by atoms with van der Waals surface area (Å²) in [7, 11) is 0. The Morgan fingerprint density at radius 2 is 1.85 bits per heavy atom. The predicted molar refractivity (Wildman–Crippen MR) is 32.7 cm³/mol. The maximum atomic E-state index is 11.5. The van der Waals surface area contributed by atoms with Gasteiger partial charge in [-0.15, -0.1) is 0 Å². The van der Waals surface area contributed by atoms with Crippen LogP contribution >= 0.6 is 0 Å². The van der Waals surface area contributed by atoms with E-state index in [0.29, 0.717) is 0 Å². The van der Waals surface area contributed by atoms with Gasteiger partial charge in [0.2, 0.25) is 0 Å². The van der Waals surface area contributed by atoms with Crippen molar-refractivity contribution in [2.75, 3.05) is 6.54 Å². The molecule has 0 saturated heterocycles. The zero-order valence-electron chi connectivity index (χ0n) is 6.13. The van der Waals surface area contributed by atoms with Crippen LogP contribution in [0.5, 0.6) is 0 Å². The van der Waals surface area contributed by atoms with E-state index >= 15 is 0 Å². The van der Waals surface area contributed by atoms with Crippen molar-refractivity contribution < 1.29 is 33.0 Å². The number of aliphatic hydroxyl groups excluding tert-OH is 1. The normalized spacial score (nSPS) is 13.5. The molecule has 13 heavy (non-hydrogen) atoms. The zero-order valence-corrected chi connectivity index (χ0v) is 6.13. The van der Waals surface area contributed by atoms with Gasteiger partial charge in [0.15, 0.2) is 6.10 Å². The van der Waals surface area contributed by atoms with Crippen molar-refractivity contribution in [2.24, 2.45) is 0 Å². The third-order valence-corrected chi connectivity index (χ3v) is 0.998. The fraction of sp³-hybridized carbons (Fsp3) is 0.600. The van der Waals surface area contributed by atoms with Gasteiger partial charge in [0, 0.05) is 0 Å². The van der Waals surface area contributed by atoms with E-state index < -0.39 is 30.7 Å². The standard InChI is InChI=1S/C5H6F3NO4/c6-5(7,8)4(13)9-1-2(10)3(11)12/h2,10H,1H2,(H,9,13)(H,11,12)/t2-/m0/s1. The minimum atomic E-state index is -5.07. The molecular formula is C5H6F3NO4. The van der Waals surface area contributed by atoms with E-state index in [1.807, 2.05) is 0 Å². The molecule has 0 aromatic carbocycles. The van der Waals surface area contributed by atoms with Gasteiger partial charge in [-0.2, -0.15) is 13.2 Å². The quantitative estimate of drug-likeness (QED) is 0.552. The lowest BCUT2D eigenvalue weighted by Gasteiger charge is -2.09. The van der Waals surface area contributed by atoms with Crippen molar-refractivity contribution in [2.45, 2.75) is 12.3 Å². The highest BCUT2D eigenvalue weighted by Crippen LogP contribution is 2.13. The number of nitrogens with one attached hydrogen (secondary N) is 1. The van der Waals surface area contributed by atoms with Gasteiger partial charge in [0.25, 0.3) is 0 Å². The molecule has 1 amide bonds. The molecule has 0 heterocycles. The number of aliphatic hydroxyl groups is 1. The number of aliphatic carboxylic acids is 1. The summed E-state index contributed by atoms with van der Waals surface area (Å²) in [5.41, 5.74) is 0. The largest absolute Gasteiger partial charge is 0.479 e. The summed E-state index contributed by atoms with van der Waals surface area (Å²) < 4.78 is 34.4. The van der Waals surface area contributed by atoms with Gasteiger partial charge in [-0.1, -0.05) is 0 Å². The minimum absolute atomic E-state index is 0.978. The van der Waals surface area contributed by atoms with E-state index in [2.05, 4.69) is 0 Å². The number of alkyl halides is 3. The van der Waals surface area contributed by atoms with Crippen molar-refractivity contribution >= 4 is 11.9 Å². The molecule has 5 nitrogen and oxygen atoms in total. The maximum Gasteiger partial charge on any atom is 0.471 e. The molecule has 1 atom stereocenters. The van der Waals surface area contributed by atoms with Gasteiger partial charge in [0.05, 0.1) is 6.54 Å². The highest BCUT2D eigenvalue weighted by atomic mass is 19.4. The second-order valence-electron chi connectivity index (χ2n) is 2.06. The Labute approximate surface area is 70.2 Å². The van der Waals surface area contributed by atoms with Crippen LogP contribution in [0.25, 0.3) is 0 Å². The van der Waals surface area contributed by atoms with Gasteiger partial charge in [-0.05, 0) is 0 Å². The van der Waals surface area contributed by atoms with Crippen molar-refractivity contribution in [1.82, 2.24) is 5.32 Å². The van der Waals surface area contributed by atoms with Crippen LogP contribution in [0.2, 0.25) is 0 Å². The molecule has 0 bridgehead atoms. The number of rotatable bonds is 3. The van der Waals surface area contributed by atoms with E-state index in [1.54, 1.807) is 0 Å². The first-order valence-corrected chi connectivity index (χ1v) is 3.01. The van der Waals surface area contributed by atoms with Crippen molar-refractivity contribution in [3.8, 4) is 0 Å². The Morgan fingerprint density at radius 3 is 2.15 bits per heavy atom. The van der Waals surface area contributed by atoms with Crippen LogP contribution in [0.4, 0.5) is 13.2 Å². The summed E-state index contributed by atoms with van der Waals surface area (Å²) in [5, 5.41) is 17.7. The molecule has 0 unspecified atom stereocenters. The molecule has 76 valence electrons. The molecule has 0 rings (SSSR count). The molecule has 3 N–H and O–H groups in total. The van der Waals surface area contributed by atoms with E-state index in [9.17, 15) is 22.8 Å². The number of carboxylic acids is 1. The molecule has 8 heteroatoms. The smallest absolute Gasteiger partial charge is 0.471 e. The predicted octanol–water partition coefficient (Wildman–Crippen LogP) is -0.890. The second-order valence-corrected chi connectivity index (χ2v) is 2.06. The summed E-state index contributed by atoms with van der Waals surface area (Å²) in [5.74, 6) is -3.99. The van der Waals surface area contributed by atoms with Crippen molar-refractivity contribution in [3.63, 3.8) is 0 Å². The van der Waals surface area contributed by atoms with Gasteiger partial charge in [-0.3, -0.25) is 4.79 Å². The first-order chi connectivity index (χ1) is 5.75. The van der Waals surface area contributed by atoms with Crippen LogP contribution in [0.1, 0.15) is 0 Å².